The van der Waals surface area contributed by atoms with Gasteiger partial charge in [0.1, 0.15) is 0 Å². The average molecular weight is 1330 g/mol. The molecular formula is C61H67Ir2N8O2-. The molecule has 2 N–H and O–H groups in total. The first-order valence-electron chi connectivity index (χ1n) is 24.5. The van der Waals surface area contributed by atoms with Gasteiger partial charge in [-0.25, -0.2) is 5.26 Å². The third-order valence-electron chi connectivity index (χ3n) is 12.4. The van der Waals surface area contributed by atoms with Crippen LogP contribution in [0.3, 0.4) is 0 Å². The van der Waals surface area contributed by atoms with E-state index in [4.69, 9.17) is 15.3 Å². The topological polar surface area (TPSA) is 149 Å². The van der Waals surface area contributed by atoms with E-state index < -0.39 is 0 Å². The summed E-state index contributed by atoms with van der Waals surface area (Å²) in [6.45, 7) is 25.3. The van der Waals surface area contributed by atoms with E-state index in [9.17, 15) is 10.5 Å². The van der Waals surface area contributed by atoms with Gasteiger partial charge < -0.3 is 14.8 Å². The molecule has 0 aliphatic heterocycles. The smallest absolute Gasteiger partial charge is 0.169 e. The fourth-order valence-electron chi connectivity index (χ4n) is 8.71. The van der Waals surface area contributed by atoms with Crippen LogP contribution < -0.4 is 0 Å². The number of benzene rings is 6. The third-order valence-corrected chi connectivity index (χ3v) is 12.4. The Morgan fingerprint density at radius 1 is 0.466 bits per heavy atom. The molecule has 2 unspecified atom stereocenters. The number of aliphatic hydroxyl groups is 2. The standard InChI is InChI=1S/C28H28N4.C28H27N4.C5H12O2.2Ir/c2*1-18(2)23-11-8-12-24(19(3)4)26(23)32-27(22-15-13-21(17-29)14-16-22)30-31-28(32)25-10-7-6-9-20(25)5;1-4(6)3-5(2)7;;/h6-16,18-19H,1-5H3;6-15,18-19H,1-5H3;4-7H,3H2,1-2H3;;/q;-1;;;. The number of rotatable bonds is 12. The van der Waals surface area contributed by atoms with Gasteiger partial charge in [0.15, 0.2) is 17.5 Å². The first-order chi connectivity index (χ1) is 34.0. The molecule has 8 rings (SSSR count). The van der Waals surface area contributed by atoms with Gasteiger partial charge >= 0.3 is 0 Å². The summed E-state index contributed by atoms with van der Waals surface area (Å²) in [5, 5.41) is 54.2. The molecule has 0 saturated heterocycles. The van der Waals surface area contributed by atoms with Gasteiger partial charge in [0.05, 0.1) is 35.4 Å². The first kappa shape index (κ1) is 59.4. The maximum absolute atomic E-state index is 9.23. The Bertz CT molecular complexity index is 2870. The number of para-hydroxylation sites is 2. The van der Waals surface area contributed by atoms with Crippen molar-refractivity contribution in [3.63, 3.8) is 0 Å². The van der Waals surface area contributed by atoms with Crippen molar-refractivity contribution < 1.29 is 50.4 Å². The monoisotopic (exact) mass is 1330 g/mol. The Morgan fingerprint density at radius 3 is 1.18 bits per heavy atom. The molecule has 382 valence electrons. The molecular weight excluding hydrogens is 1260 g/mol. The van der Waals surface area contributed by atoms with Gasteiger partial charge in [-0.3, -0.25) is 4.57 Å². The van der Waals surface area contributed by atoms with Crippen molar-refractivity contribution in [2.24, 2.45) is 0 Å². The van der Waals surface area contributed by atoms with E-state index in [1.54, 1.807) is 26.0 Å². The molecule has 10 nitrogen and oxygen atoms in total. The number of hydrogen-bond donors (Lipinski definition) is 2. The predicted molar refractivity (Wildman–Crippen MR) is 287 cm³/mol. The first-order valence-corrected chi connectivity index (χ1v) is 24.5. The molecule has 0 bridgehead atoms. The van der Waals surface area contributed by atoms with Crippen LogP contribution in [0.25, 0.3) is 56.9 Å². The number of nitrogens with zero attached hydrogens (tertiary/aromatic N) is 8. The van der Waals surface area contributed by atoms with Gasteiger partial charge in [-0.15, -0.1) is 45.1 Å². The van der Waals surface area contributed by atoms with E-state index in [0.717, 1.165) is 68.1 Å². The maximum atomic E-state index is 9.23. The summed E-state index contributed by atoms with van der Waals surface area (Å²) in [6.07, 6.45) is -0.278. The van der Waals surface area contributed by atoms with E-state index in [-0.39, 0.29) is 52.4 Å². The van der Waals surface area contributed by atoms with Crippen molar-refractivity contribution in [2.45, 2.75) is 125 Å². The minimum atomic E-state index is -0.375. The van der Waals surface area contributed by atoms with Crippen molar-refractivity contribution in [1.29, 1.82) is 10.5 Å². The average Bonchev–Trinajstić information content (AvgIpc) is 3.99. The molecule has 0 aliphatic carbocycles. The molecule has 12 heteroatoms. The normalized spacial score (nSPS) is 11.6. The summed E-state index contributed by atoms with van der Waals surface area (Å²) in [6, 6.07) is 50.2. The molecule has 0 amide bonds. The zero-order valence-electron chi connectivity index (χ0n) is 43.9. The second-order valence-electron chi connectivity index (χ2n) is 19.4. The largest absolute Gasteiger partial charge is 0.393 e. The van der Waals surface area contributed by atoms with E-state index in [1.807, 2.05) is 54.6 Å². The molecule has 0 aliphatic rings. The Kier molecular flexibility index (Phi) is 22.1. The summed E-state index contributed by atoms with van der Waals surface area (Å²) < 4.78 is 4.40. The Morgan fingerprint density at radius 2 is 0.836 bits per heavy atom. The summed E-state index contributed by atoms with van der Waals surface area (Å²) in [5.74, 6) is 4.48. The van der Waals surface area contributed by atoms with Crippen LogP contribution in [0.15, 0.2) is 127 Å². The van der Waals surface area contributed by atoms with Gasteiger partial charge in [0, 0.05) is 68.7 Å². The van der Waals surface area contributed by atoms with Gasteiger partial charge in [-0.1, -0.05) is 140 Å². The zero-order chi connectivity index (χ0) is 51.5. The van der Waals surface area contributed by atoms with E-state index in [2.05, 4.69) is 173 Å². The van der Waals surface area contributed by atoms with E-state index in [1.165, 1.54) is 22.3 Å². The molecule has 2 heterocycles. The maximum Gasteiger partial charge on any atom is 0.169 e. The second-order valence-corrected chi connectivity index (χ2v) is 19.4. The zero-order valence-corrected chi connectivity index (χ0v) is 48.7. The van der Waals surface area contributed by atoms with Crippen LogP contribution in [0.2, 0.25) is 0 Å². The molecule has 0 spiro atoms. The van der Waals surface area contributed by atoms with Gasteiger partial charge in [-0.2, -0.15) is 10.4 Å². The third kappa shape index (κ3) is 14.1. The van der Waals surface area contributed by atoms with E-state index in [0.29, 0.717) is 41.2 Å². The molecule has 0 fully saturated rings. The molecule has 73 heavy (non-hydrogen) atoms. The minimum absolute atomic E-state index is 0. The van der Waals surface area contributed by atoms with E-state index >= 15 is 0 Å². The van der Waals surface area contributed by atoms with Crippen molar-refractivity contribution in [2.75, 3.05) is 0 Å². The molecule has 8 aromatic rings. The van der Waals surface area contributed by atoms with Crippen LogP contribution in [0, 0.1) is 42.6 Å². The number of hydrogen-bond acceptors (Lipinski definition) is 8. The second kappa shape index (κ2) is 27.2. The summed E-state index contributed by atoms with van der Waals surface area (Å²) in [7, 11) is 0. The molecule has 2 aromatic heterocycles. The summed E-state index contributed by atoms with van der Waals surface area (Å²) in [4.78, 5) is 0. The van der Waals surface area contributed by atoms with Crippen LogP contribution in [-0.2, 0) is 40.2 Å². The van der Waals surface area contributed by atoms with Crippen LogP contribution in [0.5, 0.6) is 0 Å². The SMILES string of the molecule is CC(O)CC(C)O.Cc1ccccc1-c1nnc(-c2[c-]cc(C#N)cc2)n1-c1c(C(C)C)cccc1C(C)C.Cc1ccccc1-c1nnc(-c2ccc(C#N)cc2)n1-c1c(C(C)C)cccc1C(C)C.[Ir].[Ir]. The number of aromatic nitrogens is 6. The van der Waals surface area contributed by atoms with Crippen molar-refractivity contribution >= 4 is 0 Å². The van der Waals surface area contributed by atoms with Crippen molar-refractivity contribution in [3.05, 3.63) is 178 Å². The molecule has 2 radical (unpaired) electrons. The van der Waals surface area contributed by atoms with Crippen LogP contribution in [0.4, 0.5) is 0 Å². The fourth-order valence-corrected chi connectivity index (χ4v) is 8.71. The van der Waals surface area contributed by atoms with Gasteiger partial charge in [0.25, 0.3) is 0 Å². The minimum Gasteiger partial charge on any atom is -0.393 e. The van der Waals surface area contributed by atoms with Crippen LogP contribution in [0.1, 0.15) is 144 Å². The summed E-state index contributed by atoms with van der Waals surface area (Å²) >= 11 is 0. The van der Waals surface area contributed by atoms with Crippen molar-refractivity contribution in [1.82, 2.24) is 29.5 Å². The number of aryl methyl sites for hydroxylation is 2. The quantitative estimate of drug-likeness (QED) is 0.115. The molecule has 0 saturated carbocycles. The van der Waals surface area contributed by atoms with Crippen LogP contribution >= 0.6 is 0 Å². The molecule has 6 aromatic carbocycles. The predicted octanol–water partition coefficient (Wildman–Crippen LogP) is 14.0. The number of nitriles is 2. The van der Waals surface area contributed by atoms with Crippen molar-refractivity contribution in [3.8, 4) is 69.1 Å². The van der Waals surface area contributed by atoms with Gasteiger partial charge in [-0.05, 0) is 121 Å². The molecule has 2 atom stereocenters. The Labute approximate surface area is 459 Å². The van der Waals surface area contributed by atoms with Crippen LogP contribution in [-0.4, -0.2) is 51.9 Å². The Hall–Kier alpha value is -6.20. The van der Waals surface area contributed by atoms with Gasteiger partial charge in [0.2, 0.25) is 0 Å². The Balaban J connectivity index is 0.000000273. The fraction of sp³-hybridized carbons (Fsp3) is 0.311. The number of aliphatic hydroxyl groups excluding tert-OH is 2. The summed E-state index contributed by atoms with van der Waals surface area (Å²) in [5.41, 5.74) is 14.7.